The Balaban J connectivity index is 1.71. The van der Waals surface area contributed by atoms with Gasteiger partial charge in [0, 0.05) is 17.1 Å². The Bertz CT molecular complexity index is 1020. The molecular formula is C23H21BrN2O. The average Bonchev–Trinajstić information content (AvgIpc) is 3.33. The molecule has 4 aromatic rings. The Morgan fingerprint density at radius 1 is 0.704 bits per heavy atom. The van der Waals surface area contributed by atoms with Crippen LogP contribution >= 0.6 is 15.9 Å². The van der Waals surface area contributed by atoms with Crippen LogP contribution in [-0.4, -0.2) is 15.1 Å². The topological polar surface area (TPSA) is 51.8 Å². The molecule has 0 amide bonds. The second-order valence-corrected chi connectivity index (χ2v) is 7.64. The third-order valence-corrected chi connectivity index (χ3v) is 5.31. The van der Waals surface area contributed by atoms with Crippen LogP contribution in [0, 0.1) is 6.92 Å². The van der Waals surface area contributed by atoms with E-state index < -0.39 is 6.10 Å². The predicted molar refractivity (Wildman–Crippen MR) is 112 cm³/mol. The highest BCUT2D eigenvalue weighted by molar-refractivity contribution is 9.10. The van der Waals surface area contributed by atoms with Gasteiger partial charge in [0.15, 0.2) is 0 Å². The number of halogens is 1. The standard InChI is InChI=1S/C23H21BrN2O/c1-15-7-9-17(10-8-15)23(27)20-12-11-18(25-20)22(16-5-3-2-4-6-16)19-13-14-21(24)26-19/h2-14,22-23,25-27H,1H3. The molecule has 0 fully saturated rings. The van der Waals surface area contributed by atoms with Crippen LogP contribution in [0.3, 0.4) is 0 Å². The molecule has 0 aliphatic rings. The summed E-state index contributed by atoms with van der Waals surface area (Å²) in [6.07, 6.45) is -0.675. The van der Waals surface area contributed by atoms with E-state index in [9.17, 15) is 5.11 Å². The van der Waals surface area contributed by atoms with Crippen molar-refractivity contribution in [2.24, 2.45) is 0 Å². The average molecular weight is 421 g/mol. The van der Waals surface area contributed by atoms with Crippen LogP contribution in [0.2, 0.25) is 0 Å². The molecule has 4 rings (SSSR count). The summed E-state index contributed by atoms with van der Waals surface area (Å²) >= 11 is 3.50. The van der Waals surface area contributed by atoms with Crippen molar-refractivity contribution in [2.75, 3.05) is 0 Å². The fraction of sp³-hybridized carbons (Fsp3) is 0.130. The highest BCUT2D eigenvalue weighted by Gasteiger charge is 2.21. The molecule has 4 heteroatoms. The van der Waals surface area contributed by atoms with Crippen molar-refractivity contribution >= 4 is 15.9 Å². The minimum atomic E-state index is -0.675. The van der Waals surface area contributed by atoms with Gasteiger partial charge in [-0.2, -0.15) is 0 Å². The van der Waals surface area contributed by atoms with Crippen LogP contribution in [0.1, 0.15) is 45.8 Å². The van der Waals surface area contributed by atoms with Gasteiger partial charge < -0.3 is 15.1 Å². The number of nitrogens with one attached hydrogen (secondary N) is 2. The molecule has 0 radical (unpaired) electrons. The lowest BCUT2D eigenvalue weighted by Crippen LogP contribution is -2.06. The third kappa shape index (κ3) is 3.77. The highest BCUT2D eigenvalue weighted by Crippen LogP contribution is 2.33. The summed E-state index contributed by atoms with van der Waals surface area (Å²) in [5, 5.41) is 10.8. The number of aromatic amines is 2. The van der Waals surface area contributed by atoms with Gasteiger partial charge in [-0.3, -0.25) is 0 Å². The maximum absolute atomic E-state index is 10.8. The number of aliphatic hydroxyl groups excluding tert-OH is 1. The van der Waals surface area contributed by atoms with Gasteiger partial charge in [-0.05, 0) is 58.2 Å². The second-order valence-electron chi connectivity index (χ2n) is 6.79. The minimum absolute atomic E-state index is 0.0384. The largest absolute Gasteiger partial charge is 0.382 e. The van der Waals surface area contributed by atoms with Gasteiger partial charge in [0.1, 0.15) is 6.10 Å². The molecule has 2 atom stereocenters. The SMILES string of the molecule is Cc1ccc(C(O)c2ccc(C(c3ccccc3)c3ccc(Br)[nH]3)[nH]2)cc1. The summed E-state index contributed by atoms with van der Waals surface area (Å²) in [7, 11) is 0. The van der Waals surface area contributed by atoms with Gasteiger partial charge in [0.25, 0.3) is 0 Å². The van der Waals surface area contributed by atoms with E-state index in [1.165, 1.54) is 11.1 Å². The second kappa shape index (κ2) is 7.59. The number of hydrogen-bond acceptors (Lipinski definition) is 1. The van der Waals surface area contributed by atoms with E-state index in [0.717, 1.165) is 27.2 Å². The first-order chi connectivity index (χ1) is 13.1. The fourth-order valence-electron chi connectivity index (χ4n) is 3.41. The van der Waals surface area contributed by atoms with Crippen molar-refractivity contribution in [1.82, 2.24) is 9.97 Å². The molecule has 0 aliphatic carbocycles. The molecule has 27 heavy (non-hydrogen) atoms. The van der Waals surface area contributed by atoms with E-state index in [1.807, 2.05) is 61.5 Å². The molecule has 136 valence electrons. The lowest BCUT2D eigenvalue weighted by molar-refractivity contribution is 0.216. The normalized spacial score (nSPS) is 13.4. The van der Waals surface area contributed by atoms with Gasteiger partial charge in [-0.15, -0.1) is 0 Å². The summed E-state index contributed by atoms with van der Waals surface area (Å²) in [6.45, 7) is 2.04. The van der Waals surface area contributed by atoms with E-state index in [2.05, 4.69) is 50.2 Å². The van der Waals surface area contributed by atoms with Crippen LogP contribution in [0.15, 0.2) is 83.5 Å². The number of aromatic nitrogens is 2. The zero-order valence-electron chi connectivity index (χ0n) is 15.0. The lowest BCUT2D eigenvalue weighted by atomic mass is 9.93. The van der Waals surface area contributed by atoms with Crippen molar-refractivity contribution in [1.29, 1.82) is 0 Å². The molecule has 2 unspecified atom stereocenters. The Morgan fingerprint density at radius 2 is 1.33 bits per heavy atom. The molecule has 0 aliphatic heterocycles. The van der Waals surface area contributed by atoms with E-state index >= 15 is 0 Å². The van der Waals surface area contributed by atoms with Crippen LogP contribution in [-0.2, 0) is 0 Å². The Hall–Kier alpha value is -2.56. The predicted octanol–water partition coefficient (Wildman–Crippen LogP) is 5.68. The Morgan fingerprint density at radius 3 is 2.00 bits per heavy atom. The van der Waals surface area contributed by atoms with E-state index in [0.29, 0.717) is 0 Å². The van der Waals surface area contributed by atoms with Gasteiger partial charge in [0.2, 0.25) is 0 Å². The number of benzene rings is 2. The van der Waals surface area contributed by atoms with Gasteiger partial charge in [0.05, 0.1) is 10.5 Å². The van der Waals surface area contributed by atoms with E-state index in [1.54, 1.807) is 0 Å². The smallest absolute Gasteiger partial charge is 0.119 e. The molecule has 3 N–H and O–H groups in total. The van der Waals surface area contributed by atoms with Gasteiger partial charge >= 0.3 is 0 Å². The third-order valence-electron chi connectivity index (χ3n) is 4.85. The Kier molecular flexibility index (Phi) is 5.01. The van der Waals surface area contributed by atoms with Crippen LogP contribution < -0.4 is 0 Å². The van der Waals surface area contributed by atoms with Crippen LogP contribution in [0.25, 0.3) is 0 Å². The molecule has 0 saturated carbocycles. The fourth-order valence-corrected chi connectivity index (χ4v) is 3.77. The van der Waals surface area contributed by atoms with Crippen molar-refractivity contribution in [3.63, 3.8) is 0 Å². The number of aryl methyl sites for hydroxylation is 1. The minimum Gasteiger partial charge on any atom is -0.382 e. The monoisotopic (exact) mass is 420 g/mol. The zero-order chi connectivity index (χ0) is 18.8. The summed E-state index contributed by atoms with van der Waals surface area (Å²) in [5.41, 5.74) is 6.17. The van der Waals surface area contributed by atoms with Crippen molar-refractivity contribution in [3.05, 3.63) is 117 Å². The maximum Gasteiger partial charge on any atom is 0.119 e. The number of H-pyrrole nitrogens is 2. The molecule has 2 heterocycles. The maximum atomic E-state index is 10.8. The summed E-state index contributed by atoms with van der Waals surface area (Å²) in [6, 6.07) is 26.4. The first kappa shape index (κ1) is 17.8. The molecule has 0 saturated heterocycles. The van der Waals surface area contributed by atoms with Gasteiger partial charge in [-0.1, -0.05) is 60.2 Å². The van der Waals surface area contributed by atoms with Crippen LogP contribution in [0.4, 0.5) is 0 Å². The molecule has 3 nitrogen and oxygen atoms in total. The zero-order valence-corrected chi connectivity index (χ0v) is 16.6. The molecular weight excluding hydrogens is 400 g/mol. The number of rotatable bonds is 5. The quantitative estimate of drug-likeness (QED) is 0.382. The summed E-state index contributed by atoms with van der Waals surface area (Å²) in [5.74, 6) is 0.0384. The van der Waals surface area contributed by atoms with Crippen LogP contribution in [0.5, 0.6) is 0 Å². The number of hydrogen-bond donors (Lipinski definition) is 3. The number of aliphatic hydroxyl groups is 1. The molecule has 0 bridgehead atoms. The van der Waals surface area contributed by atoms with Crippen molar-refractivity contribution < 1.29 is 5.11 Å². The van der Waals surface area contributed by atoms with Crippen molar-refractivity contribution in [2.45, 2.75) is 18.9 Å². The Labute approximate surface area is 167 Å². The summed E-state index contributed by atoms with van der Waals surface area (Å²) in [4.78, 5) is 6.83. The first-order valence-corrected chi connectivity index (χ1v) is 9.74. The van der Waals surface area contributed by atoms with Gasteiger partial charge in [-0.25, -0.2) is 0 Å². The first-order valence-electron chi connectivity index (χ1n) is 8.94. The van der Waals surface area contributed by atoms with E-state index in [4.69, 9.17) is 0 Å². The summed E-state index contributed by atoms with van der Waals surface area (Å²) < 4.78 is 0.949. The van der Waals surface area contributed by atoms with E-state index in [-0.39, 0.29) is 5.92 Å². The molecule has 2 aromatic carbocycles. The molecule has 2 aromatic heterocycles. The molecule has 0 spiro atoms. The highest BCUT2D eigenvalue weighted by atomic mass is 79.9. The lowest BCUT2D eigenvalue weighted by Gasteiger charge is -2.16. The van der Waals surface area contributed by atoms with Crippen molar-refractivity contribution in [3.8, 4) is 0 Å².